The second kappa shape index (κ2) is 5.21. The van der Waals surface area contributed by atoms with Crippen molar-refractivity contribution in [3.63, 3.8) is 0 Å². The van der Waals surface area contributed by atoms with Crippen LogP contribution in [0.4, 0.5) is 4.39 Å². The predicted molar refractivity (Wildman–Crippen MR) is 64.5 cm³/mol. The van der Waals surface area contributed by atoms with Crippen molar-refractivity contribution in [2.45, 2.75) is 32.1 Å². The number of halogens is 1. The molecule has 2 rings (SSSR count). The van der Waals surface area contributed by atoms with Gasteiger partial charge in [0, 0.05) is 30.6 Å². The van der Waals surface area contributed by atoms with Crippen LogP contribution in [-0.2, 0) is 6.54 Å². The Hall–Kier alpha value is -0.520. The van der Waals surface area contributed by atoms with Crippen LogP contribution < -0.4 is 5.32 Å². The van der Waals surface area contributed by atoms with E-state index in [2.05, 4.69) is 15.2 Å². The first-order valence-electron chi connectivity index (χ1n) is 5.62. The first-order valence-corrected chi connectivity index (χ1v) is 6.50. The smallest absolute Gasteiger partial charge is 0.114 e. The lowest BCUT2D eigenvalue weighted by Crippen LogP contribution is -2.36. The number of rotatable bonds is 4. The SMILES string of the molecule is CNC[C@H]1C[C@@H](F)CN1Cc1scnc1C. The van der Waals surface area contributed by atoms with Gasteiger partial charge in [0.2, 0.25) is 0 Å². The van der Waals surface area contributed by atoms with E-state index in [9.17, 15) is 4.39 Å². The molecule has 5 heteroatoms. The second-order valence-electron chi connectivity index (χ2n) is 4.33. The summed E-state index contributed by atoms with van der Waals surface area (Å²) in [4.78, 5) is 7.71. The summed E-state index contributed by atoms with van der Waals surface area (Å²) in [7, 11) is 1.92. The van der Waals surface area contributed by atoms with E-state index in [0.717, 1.165) is 18.8 Å². The summed E-state index contributed by atoms with van der Waals surface area (Å²) in [6.07, 6.45) is -0.0230. The van der Waals surface area contributed by atoms with Crippen LogP contribution in [0.25, 0.3) is 0 Å². The molecule has 1 aromatic rings. The molecule has 0 radical (unpaired) electrons. The van der Waals surface area contributed by atoms with E-state index in [4.69, 9.17) is 0 Å². The number of hydrogen-bond donors (Lipinski definition) is 1. The number of aromatic nitrogens is 1. The fraction of sp³-hybridized carbons (Fsp3) is 0.727. The first kappa shape index (κ1) is 12.0. The maximum absolute atomic E-state index is 13.4. The van der Waals surface area contributed by atoms with Crippen molar-refractivity contribution < 1.29 is 4.39 Å². The lowest BCUT2D eigenvalue weighted by Gasteiger charge is -2.23. The number of hydrogen-bond acceptors (Lipinski definition) is 4. The van der Waals surface area contributed by atoms with Crippen molar-refractivity contribution in [1.29, 1.82) is 0 Å². The predicted octanol–water partition coefficient (Wildman–Crippen LogP) is 1.58. The molecule has 0 bridgehead atoms. The molecule has 1 aliphatic rings. The number of likely N-dealkylation sites (N-methyl/N-ethyl adjacent to an activating group) is 1. The minimum atomic E-state index is -0.674. The molecular weight excluding hydrogens is 225 g/mol. The van der Waals surface area contributed by atoms with Gasteiger partial charge in [-0.2, -0.15) is 0 Å². The molecule has 3 nitrogen and oxygen atoms in total. The van der Waals surface area contributed by atoms with E-state index < -0.39 is 6.17 Å². The summed E-state index contributed by atoms with van der Waals surface area (Å²) in [5.74, 6) is 0. The van der Waals surface area contributed by atoms with Crippen molar-refractivity contribution in [2.75, 3.05) is 20.1 Å². The minimum Gasteiger partial charge on any atom is -0.318 e. The van der Waals surface area contributed by atoms with Gasteiger partial charge in [0.15, 0.2) is 0 Å². The van der Waals surface area contributed by atoms with Crippen LogP contribution in [0.1, 0.15) is 17.0 Å². The maximum Gasteiger partial charge on any atom is 0.114 e. The average Bonchev–Trinajstić information content (AvgIpc) is 2.77. The Kier molecular flexibility index (Phi) is 3.89. The third kappa shape index (κ3) is 2.59. The van der Waals surface area contributed by atoms with Crippen LogP contribution in [0.5, 0.6) is 0 Å². The van der Waals surface area contributed by atoms with Crippen LogP contribution in [0.15, 0.2) is 5.51 Å². The van der Waals surface area contributed by atoms with Gasteiger partial charge in [-0.25, -0.2) is 9.37 Å². The molecular formula is C11H18FN3S. The zero-order valence-electron chi connectivity index (χ0n) is 9.74. The number of likely N-dealkylation sites (tertiary alicyclic amines) is 1. The largest absolute Gasteiger partial charge is 0.318 e. The fourth-order valence-corrected chi connectivity index (χ4v) is 3.03. The molecule has 2 heterocycles. The fourth-order valence-electron chi connectivity index (χ4n) is 2.23. The summed E-state index contributed by atoms with van der Waals surface area (Å²) >= 11 is 1.66. The van der Waals surface area contributed by atoms with Gasteiger partial charge in [-0.3, -0.25) is 4.90 Å². The number of aryl methyl sites for hydroxylation is 1. The van der Waals surface area contributed by atoms with Gasteiger partial charge in [-0.05, 0) is 20.4 Å². The van der Waals surface area contributed by atoms with Crippen molar-refractivity contribution in [3.05, 3.63) is 16.1 Å². The zero-order valence-corrected chi connectivity index (χ0v) is 10.6. The third-order valence-corrected chi connectivity index (χ3v) is 4.03. The van der Waals surface area contributed by atoms with Gasteiger partial charge in [0.25, 0.3) is 0 Å². The minimum absolute atomic E-state index is 0.321. The van der Waals surface area contributed by atoms with Gasteiger partial charge >= 0.3 is 0 Å². The monoisotopic (exact) mass is 243 g/mol. The number of thiazole rings is 1. The van der Waals surface area contributed by atoms with E-state index in [0.29, 0.717) is 19.0 Å². The highest BCUT2D eigenvalue weighted by atomic mass is 32.1. The molecule has 2 atom stereocenters. The molecule has 0 amide bonds. The molecule has 1 N–H and O–H groups in total. The summed E-state index contributed by atoms with van der Waals surface area (Å²) in [6, 6.07) is 0.321. The molecule has 0 unspecified atom stereocenters. The van der Waals surface area contributed by atoms with Gasteiger partial charge in [0.1, 0.15) is 6.17 Å². The summed E-state index contributed by atoms with van der Waals surface area (Å²) < 4.78 is 13.4. The zero-order chi connectivity index (χ0) is 11.5. The van der Waals surface area contributed by atoms with Crippen LogP contribution in [-0.4, -0.2) is 42.2 Å². The van der Waals surface area contributed by atoms with Crippen molar-refractivity contribution in [3.8, 4) is 0 Å². The number of alkyl halides is 1. The maximum atomic E-state index is 13.4. The van der Waals surface area contributed by atoms with Crippen molar-refractivity contribution >= 4 is 11.3 Å². The van der Waals surface area contributed by atoms with Crippen LogP contribution >= 0.6 is 11.3 Å². The van der Waals surface area contributed by atoms with E-state index >= 15 is 0 Å². The van der Waals surface area contributed by atoms with E-state index in [-0.39, 0.29) is 0 Å². The van der Waals surface area contributed by atoms with E-state index in [1.54, 1.807) is 11.3 Å². The van der Waals surface area contributed by atoms with Gasteiger partial charge in [0.05, 0.1) is 11.2 Å². The molecule has 0 aromatic carbocycles. The Labute approximate surface area is 99.7 Å². The number of nitrogens with zero attached hydrogens (tertiary/aromatic N) is 2. The lowest BCUT2D eigenvalue weighted by molar-refractivity contribution is 0.234. The second-order valence-corrected chi connectivity index (χ2v) is 5.27. The molecule has 1 aromatic heterocycles. The Morgan fingerprint density at radius 2 is 2.50 bits per heavy atom. The van der Waals surface area contributed by atoms with Crippen LogP contribution in [0, 0.1) is 6.92 Å². The topological polar surface area (TPSA) is 28.2 Å². The highest BCUT2D eigenvalue weighted by Gasteiger charge is 2.31. The Balaban J connectivity index is 2.00. The molecule has 1 aliphatic heterocycles. The first-order chi connectivity index (χ1) is 7.70. The van der Waals surface area contributed by atoms with Gasteiger partial charge in [-0.1, -0.05) is 0 Å². The molecule has 0 spiro atoms. The molecule has 0 saturated carbocycles. The summed E-state index contributed by atoms with van der Waals surface area (Å²) in [5, 5.41) is 3.13. The quantitative estimate of drug-likeness (QED) is 0.870. The molecule has 1 fully saturated rings. The van der Waals surface area contributed by atoms with Crippen LogP contribution in [0.3, 0.4) is 0 Å². The standard InChI is InChI=1S/C11H18FN3S/c1-8-11(16-7-14-8)6-15-5-9(12)3-10(15)4-13-2/h7,9-10,13H,3-6H2,1-2H3/t9-,10-/m1/s1. The van der Waals surface area contributed by atoms with Crippen molar-refractivity contribution in [2.24, 2.45) is 0 Å². The summed E-state index contributed by atoms with van der Waals surface area (Å²) in [6.45, 7) is 4.27. The molecule has 1 saturated heterocycles. The van der Waals surface area contributed by atoms with Gasteiger partial charge < -0.3 is 5.32 Å². The number of nitrogens with one attached hydrogen (secondary N) is 1. The Bertz CT molecular complexity index is 342. The lowest BCUT2D eigenvalue weighted by atomic mass is 10.2. The molecule has 90 valence electrons. The van der Waals surface area contributed by atoms with E-state index in [1.165, 1.54) is 4.88 Å². The highest BCUT2D eigenvalue weighted by molar-refractivity contribution is 7.09. The Morgan fingerprint density at radius 3 is 3.12 bits per heavy atom. The van der Waals surface area contributed by atoms with Gasteiger partial charge in [-0.15, -0.1) is 11.3 Å². The normalized spacial score (nSPS) is 26.4. The van der Waals surface area contributed by atoms with Crippen molar-refractivity contribution in [1.82, 2.24) is 15.2 Å². The molecule has 0 aliphatic carbocycles. The average molecular weight is 243 g/mol. The van der Waals surface area contributed by atoms with E-state index in [1.807, 2.05) is 19.5 Å². The summed E-state index contributed by atoms with van der Waals surface area (Å²) in [5.41, 5.74) is 2.94. The highest BCUT2D eigenvalue weighted by Crippen LogP contribution is 2.24. The van der Waals surface area contributed by atoms with Crippen LogP contribution in [0.2, 0.25) is 0 Å². The third-order valence-electron chi connectivity index (χ3n) is 3.11. The molecule has 16 heavy (non-hydrogen) atoms. The Morgan fingerprint density at radius 1 is 1.69 bits per heavy atom.